The third-order valence-corrected chi connectivity index (χ3v) is 7.71. The van der Waals surface area contributed by atoms with Crippen LogP contribution in [-0.2, 0) is 14.3 Å². The Bertz CT molecular complexity index is 1190. The van der Waals surface area contributed by atoms with Crippen LogP contribution >= 0.6 is 0 Å². The minimum atomic E-state index is -0.329. The number of hydrogen-bond acceptors (Lipinski definition) is 6. The zero-order valence-corrected chi connectivity index (χ0v) is 23.2. The van der Waals surface area contributed by atoms with E-state index in [1.807, 2.05) is 18.2 Å². The maximum absolute atomic E-state index is 13.8. The Morgan fingerprint density at radius 3 is 2.37 bits per heavy atom. The number of rotatable bonds is 10. The normalized spacial score (nSPS) is 17.4. The highest BCUT2D eigenvalue weighted by Gasteiger charge is 2.36. The van der Waals surface area contributed by atoms with E-state index in [1.165, 1.54) is 11.1 Å². The summed E-state index contributed by atoms with van der Waals surface area (Å²) in [5.41, 5.74) is 5.10. The van der Waals surface area contributed by atoms with Gasteiger partial charge in [-0.1, -0.05) is 31.0 Å². The van der Waals surface area contributed by atoms with Crippen molar-refractivity contribution in [2.75, 3.05) is 41.0 Å². The SMILES string of the molecule is COCCN(CC(=O)N1N=C(c2ccc(C)c(C)c2)C[C@H]1c1ccc(OC)c(OC)c1)C(=O)C1CCCC1. The van der Waals surface area contributed by atoms with Crippen LogP contribution in [0.1, 0.15) is 60.4 Å². The topological polar surface area (TPSA) is 80.7 Å². The molecule has 1 saturated carbocycles. The molecule has 0 N–H and O–H groups in total. The van der Waals surface area contributed by atoms with Crippen molar-refractivity contribution in [3.05, 3.63) is 58.7 Å². The molecule has 0 aromatic heterocycles. The standard InChI is InChI=1S/C30H39N3O5/c1-20-10-11-23(16-21(20)2)25-18-26(24-12-13-27(37-4)28(17-24)38-5)33(31-25)29(34)19-32(14-15-36-3)30(35)22-8-6-7-9-22/h10-13,16-17,22,26H,6-9,14-15,18-19H2,1-5H3/t26-/m0/s1. The van der Waals surface area contributed by atoms with Gasteiger partial charge in [0.25, 0.3) is 5.91 Å². The number of carbonyl (C=O) groups is 2. The second kappa shape index (κ2) is 12.4. The maximum Gasteiger partial charge on any atom is 0.262 e. The Kier molecular flexibility index (Phi) is 9.05. The van der Waals surface area contributed by atoms with Crippen LogP contribution in [0.5, 0.6) is 11.5 Å². The molecule has 1 heterocycles. The van der Waals surface area contributed by atoms with Crippen molar-refractivity contribution < 1.29 is 23.8 Å². The summed E-state index contributed by atoms with van der Waals surface area (Å²) in [5, 5.41) is 6.38. The van der Waals surface area contributed by atoms with Crippen molar-refractivity contribution in [2.45, 2.75) is 52.0 Å². The largest absolute Gasteiger partial charge is 0.493 e. The molecule has 2 amide bonds. The predicted octanol–water partition coefficient (Wildman–Crippen LogP) is 4.66. The lowest BCUT2D eigenvalue weighted by molar-refractivity contribution is -0.144. The first-order valence-corrected chi connectivity index (χ1v) is 13.3. The minimum Gasteiger partial charge on any atom is -0.493 e. The third-order valence-electron chi connectivity index (χ3n) is 7.71. The third kappa shape index (κ3) is 6.01. The Morgan fingerprint density at radius 2 is 1.71 bits per heavy atom. The molecule has 0 saturated heterocycles. The number of ether oxygens (including phenoxy) is 3. The molecule has 1 fully saturated rings. The van der Waals surface area contributed by atoms with Crippen LogP contribution in [0.25, 0.3) is 0 Å². The van der Waals surface area contributed by atoms with Crippen molar-refractivity contribution >= 4 is 17.5 Å². The number of carbonyl (C=O) groups excluding carboxylic acids is 2. The fourth-order valence-electron chi connectivity index (χ4n) is 5.29. The summed E-state index contributed by atoms with van der Waals surface area (Å²) in [4.78, 5) is 28.8. The number of aryl methyl sites for hydroxylation is 2. The second-order valence-corrected chi connectivity index (χ2v) is 10.2. The molecule has 38 heavy (non-hydrogen) atoms. The highest BCUT2D eigenvalue weighted by Crippen LogP contribution is 2.38. The van der Waals surface area contributed by atoms with Crippen LogP contribution in [0.2, 0.25) is 0 Å². The number of benzene rings is 2. The van der Waals surface area contributed by atoms with Gasteiger partial charge in [0.2, 0.25) is 5.91 Å². The Labute approximate surface area is 225 Å². The van der Waals surface area contributed by atoms with E-state index in [0.29, 0.717) is 31.1 Å². The lowest BCUT2D eigenvalue weighted by Gasteiger charge is -2.28. The van der Waals surface area contributed by atoms with Gasteiger partial charge in [-0.3, -0.25) is 9.59 Å². The molecule has 0 unspecified atom stereocenters. The van der Waals surface area contributed by atoms with Gasteiger partial charge in [-0.2, -0.15) is 5.10 Å². The summed E-state index contributed by atoms with van der Waals surface area (Å²) >= 11 is 0. The monoisotopic (exact) mass is 521 g/mol. The number of nitrogens with zero attached hydrogens (tertiary/aromatic N) is 3. The molecule has 8 nitrogen and oxygen atoms in total. The fourth-order valence-corrected chi connectivity index (χ4v) is 5.29. The van der Waals surface area contributed by atoms with Gasteiger partial charge in [0, 0.05) is 26.0 Å². The quantitative estimate of drug-likeness (QED) is 0.454. The van der Waals surface area contributed by atoms with E-state index in [-0.39, 0.29) is 30.3 Å². The van der Waals surface area contributed by atoms with Gasteiger partial charge in [-0.05, 0) is 67.1 Å². The van der Waals surface area contributed by atoms with Gasteiger partial charge < -0.3 is 19.1 Å². The molecule has 2 aromatic carbocycles. The molecule has 2 aromatic rings. The first kappa shape index (κ1) is 27.6. The van der Waals surface area contributed by atoms with E-state index >= 15 is 0 Å². The van der Waals surface area contributed by atoms with Gasteiger partial charge in [-0.15, -0.1) is 0 Å². The summed E-state index contributed by atoms with van der Waals surface area (Å²) in [6.45, 7) is 4.87. The fraction of sp³-hybridized carbons (Fsp3) is 0.500. The second-order valence-electron chi connectivity index (χ2n) is 10.2. The first-order valence-electron chi connectivity index (χ1n) is 13.3. The zero-order valence-electron chi connectivity index (χ0n) is 23.2. The summed E-state index contributed by atoms with van der Waals surface area (Å²) in [5.74, 6) is 1.01. The first-order chi connectivity index (χ1) is 18.4. The number of methoxy groups -OCH3 is 3. The van der Waals surface area contributed by atoms with Crippen LogP contribution in [-0.4, -0.2) is 68.5 Å². The molecular formula is C30H39N3O5. The van der Waals surface area contributed by atoms with E-state index in [1.54, 1.807) is 31.2 Å². The molecule has 1 aliphatic carbocycles. The molecule has 0 radical (unpaired) electrons. The summed E-state index contributed by atoms with van der Waals surface area (Å²) < 4.78 is 16.2. The predicted molar refractivity (Wildman–Crippen MR) is 147 cm³/mol. The van der Waals surface area contributed by atoms with E-state index < -0.39 is 0 Å². The molecule has 4 rings (SSSR count). The van der Waals surface area contributed by atoms with Crippen molar-refractivity contribution in [3.8, 4) is 11.5 Å². The highest BCUT2D eigenvalue weighted by atomic mass is 16.5. The van der Waals surface area contributed by atoms with E-state index in [2.05, 4.69) is 32.0 Å². The van der Waals surface area contributed by atoms with Crippen LogP contribution < -0.4 is 9.47 Å². The van der Waals surface area contributed by atoms with E-state index in [9.17, 15) is 9.59 Å². The van der Waals surface area contributed by atoms with Gasteiger partial charge in [0.05, 0.1) is 32.6 Å². The smallest absolute Gasteiger partial charge is 0.262 e. The molecular weight excluding hydrogens is 482 g/mol. The molecule has 1 atom stereocenters. The number of hydrazone groups is 1. The average Bonchev–Trinajstić information content (AvgIpc) is 3.63. The van der Waals surface area contributed by atoms with Crippen molar-refractivity contribution in [2.24, 2.45) is 11.0 Å². The van der Waals surface area contributed by atoms with Gasteiger partial charge in [-0.25, -0.2) is 5.01 Å². The Morgan fingerprint density at radius 1 is 0.974 bits per heavy atom. The zero-order chi connectivity index (χ0) is 27.2. The molecule has 8 heteroatoms. The Balaban J connectivity index is 1.65. The van der Waals surface area contributed by atoms with Crippen LogP contribution in [0.4, 0.5) is 0 Å². The average molecular weight is 522 g/mol. The van der Waals surface area contributed by atoms with Crippen molar-refractivity contribution in [1.29, 1.82) is 0 Å². The van der Waals surface area contributed by atoms with E-state index in [0.717, 1.165) is 42.5 Å². The van der Waals surface area contributed by atoms with Gasteiger partial charge in [0.15, 0.2) is 11.5 Å². The molecule has 1 aliphatic heterocycles. The maximum atomic E-state index is 13.8. The molecule has 0 spiro atoms. The minimum absolute atomic E-state index is 0.0190. The van der Waals surface area contributed by atoms with Crippen LogP contribution in [0.3, 0.4) is 0 Å². The molecule has 2 aliphatic rings. The number of hydrogen-bond donors (Lipinski definition) is 0. The van der Waals surface area contributed by atoms with Gasteiger partial charge >= 0.3 is 0 Å². The van der Waals surface area contributed by atoms with E-state index in [4.69, 9.17) is 19.3 Å². The lowest BCUT2D eigenvalue weighted by Crippen LogP contribution is -2.44. The van der Waals surface area contributed by atoms with Gasteiger partial charge in [0.1, 0.15) is 6.54 Å². The summed E-state index contributed by atoms with van der Waals surface area (Å²) in [7, 11) is 4.80. The number of amides is 2. The van der Waals surface area contributed by atoms with Crippen LogP contribution in [0, 0.1) is 19.8 Å². The Hall–Kier alpha value is -3.39. The molecule has 204 valence electrons. The summed E-state index contributed by atoms with van der Waals surface area (Å²) in [6, 6.07) is 11.6. The van der Waals surface area contributed by atoms with Crippen molar-refractivity contribution in [1.82, 2.24) is 9.91 Å². The lowest BCUT2D eigenvalue weighted by atomic mass is 9.96. The molecule has 0 bridgehead atoms. The van der Waals surface area contributed by atoms with Crippen LogP contribution in [0.15, 0.2) is 41.5 Å². The highest BCUT2D eigenvalue weighted by molar-refractivity contribution is 6.03. The van der Waals surface area contributed by atoms with Crippen molar-refractivity contribution in [3.63, 3.8) is 0 Å². The summed E-state index contributed by atoms with van der Waals surface area (Å²) in [6.07, 6.45) is 4.42.